The van der Waals surface area contributed by atoms with Crippen LogP contribution in [0.2, 0.25) is 0 Å². The smallest absolute Gasteiger partial charge is 0.254 e. The van der Waals surface area contributed by atoms with Gasteiger partial charge in [0, 0.05) is 23.5 Å². The van der Waals surface area contributed by atoms with Crippen LogP contribution in [0.3, 0.4) is 0 Å². The first-order chi connectivity index (χ1) is 6.75. The molecule has 0 aromatic carbocycles. The number of nitrogens with one attached hydrogen (secondary N) is 1. The molecule has 0 radical (unpaired) electrons. The van der Waals surface area contributed by atoms with E-state index >= 15 is 0 Å². The summed E-state index contributed by atoms with van der Waals surface area (Å²) >= 11 is 0. The summed E-state index contributed by atoms with van der Waals surface area (Å²) in [5.41, 5.74) is 1.16. The Morgan fingerprint density at radius 2 is 2.00 bits per heavy atom. The van der Waals surface area contributed by atoms with Crippen LogP contribution in [0, 0.1) is 0 Å². The van der Waals surface area contributed by atoms with Crippen molar-refractivity contribution in [3.8, 4) is 0 Å². The van der Waals surface area contributed by atoms with Gasteiger partial charge in [0.25, 0.3) is 5.91 Å². The van der Waals surface area contributed by atoms with Crippen molar-refractivity contribution < 1.29 is 9.59 Å². The highest BCUT2D eigenvalue weighted by Gasteiger charge is 2.23. The number of aromatic nitrogens is 2. The maximum atomic E-state index is 11.1. The van der Waals surface area contributed by atoms with Crippen molar-refractivity contribution in [1.29, 1.82) is 0 Å². The SMILES string of the molecule is O=C1C/C(=C\c2cncnc2)C(=O)N1. The second-order valence-corrected chi connectivity index (χ2v) is 2.90. The number of carbonyl (C=O) groups is 2. The average molecular weight is 189 g/mol. The van der Waals surface area contributed by atoms with Gasteiger partial charge < -0.3 is 0 Å². The van der Waals surface area contributed by atoms with E-state index in [4.69, 9.17) is 0 Å². The summed E-state index contributed by atoms with van der Waals surface area (Å²) in [5.74, 6) is -0.600. The van der Waals surface area contributed by atoms with Crippen LogP contribution in [0.25, 0.3) is 6.08 Å². The zero-order valence-corrected chi connectivity index (χ0v) is 7.23. The molecule has 5 heteroatoms. The van der Waals surface area contributed by atoms with E-state index in [2.05, 4.69) is 15.3 Å². The van der Waals surface area contributed by atoms with E-state index in [0.717, 1.165) is 0 Å². The van der Waals surface area contributed by atoms with E-state index in [0.29, 0.717) is 11.1 Å². The Hall–Kier alpha value is -2.04. The van der Waals surface area contributed by atoms with Crippen LogP contribution in [0.15, 0.2) is 24.3 Å². The molecule has 1 fully saturated rings. The Bertz CT molecular complexity index is 411. The van der Waals surface area contributed by atoms with Gasteiger partial charge in [-0.05, 0) is 6.08 Å². The van der Waals surface area contributed by atoms with Gasteiger partial charge in [0.05, 0.1) is 6.42 Å². The fourth-order valence-electron chi connectivity index (χ4n) is 1.21. The summed E-state index contributed by atoms with van der Waals surface area (Å²) in [6.45, 7) is 0. The Balaban J connectivity index is 2.28. The lowest BCUT2D eigenvalue weighted by molar-refractivity contribution is -0.124. The minimum atomic E-state index is -0.334. The highest BCUT2D eigenvalue weighted by Crippen LogP contribution is 2.12. The maximum absolute atomic E-state index is 11.1. The third-order valence-corrected chi connectivity index (χ3v) is 1.82. The van der Waals surface area contributed by atoms with E-state index in [1.54, 1.807) is 18.5 Å². The topological polar surface area (TPSA) is 72.0 Å². The van der Waals surface area contributed by atoms with Crippen LogP contribution in [0.1, 0.15) is 12.0 Å². The lowest BCUT2D eigenvalue weighted by Crippen LogP contribution is -2.19. The molecule has 2 rings (SSSR count). The molecule has 0 spiro atoms. The van der Waals surface area contributed by atoms with Gasteiger partial charge in [-0.2, -0.15) is 0 Å². The number of carbonyl (C=O) groups excluding carboxylic acids is 2. The maximum Gasteiger partial charge on any atom is 0.254 e. The fraction of sp³-hybridized carbons (Fsp3) is 0.111. The Labute approximate surface area is 79.9 Å². The molecule has 0 aliphatic carbocycles. The molecular formula is C9H7N3O2. The second-order valence-electron chi connectivity index (χ2n) is 2.90. The number of amides is 2. The summed E-state index contributed by atoms with van der Waals surface area (Å²) in [4.78, 5) is 29.6. The Kier molecular flexibility index (Phi) is 2.06. The zero-order valence-electron chi connectivity index (χ0n) is 7.23. The summed E-state index contributed by atoms with van der Waals surface area (Å²) in [5, 5.41) is 2.20. The van der Waals surface area contributed by atoms with Crippen molar-refractivity contribution in [2.24, 2.45) is 0 Å². The highest BCUT2D eigenvalue weighted by molar-refractivity contribution is 6.15. The number of nitrogens with zero attached hydrogens (tertiary/aromatic N) is 2. The molecule has 2 amide bonds. The number of hydrogen-bond acceptors (Lipinski definition) is 4. The second kappa shape index (κ2) is 3.37. The van der Waals surface area contributed by atoms with Crippen LogP contribution in [0.4, 0.5) is 0 Å². The van der Waals surface area contributed by atoms with Crippen molar-refractivity contribution in [2.45, 2.75) is 6.42 Å². The minimum absolute atomic E-state index is 0.133. The first-order valence-corrected chi connectivity index (χ1v) is 4.05. The van der Waals surface area contributed by atoms with Crippen LogP contribution >= 0.6 is 0 Å². The largest absolute Gasteiger partial charge is 0.292 e. The standard InChI is InChI=1S/C9H7N3O2/c13-8-2-7(9(14)12-8)1-6-3-10-5-11-4-6/h1,3-5H,2H2,(H,12,13,14)/b7-1+. The van der Waals surface area contributed by atoms with Crippen molar-refractivity contribution in [2.75, 3.05) is 0 Å². The molecule has 1 N–H and O–H groups in total. The first-order valence-electron chi connectivity index (χ1n) is 4.05. The van der Waals surface area contributed by atoms with Gasteiger partial charge in [-0.1, -0.05) is 0 Å². The third kappa shape index (κ3) is 1.66. The highest BCUT2D eigenvalue weighted by atomic mass is 16.2. The summed E-state index contributed by atoms with van der Waals surface area (Å²) in [7, 11) is 0. The monoisotopic (exact) mass is 189 g/mol. The minimum Gasteiger partial charge on any atom is -0.292 e. The summed E-state index contributed by atoms with van der Waals surface area (Å²) in [6, 6.07) is 0. The van der Waals surface area contributed by atoms with Gasteiger partial charge in [-0.15, -0.1) is 0 Å². The quantitative estimate of drug-likeness (QED) is 0.495. The zero-order chi connectivity index (χ0) is 9.97. The molecule has 0 bridgehead atoms. The van der Waals surface area contributed by atoms with Crippen LogP contribution in [0.5, 0.6) is 0 Å². The molecule has 2 heterocycles. The predicted molar refractivity (Wildman–Crippen MR) is 47.8 cm³/mol. The summed E-state index contributed by atoms with van der Waals surface area (Å²) in [6.07, 6.45) is 6.31. The predicted octanol–water partition coefficient (Wildman–Crippen LogP) is -0.0935. The molecule has 1 aliphatic rings. The third-order valence-electron chi connectivity index (χ3n) is 1.82. The molecule has 0 atom stereocenters. The first kappa shape index (κ1) is 8.55. The lowest BCUT2D eigenvalue weighted by atomic mass is 10.1. The van der Waals surface area contributed by atoms with Crippen molar-refractivity contribution in [3.05, 3.63) is 29.9 Å². The molecule has 5 nitrogen and oxygen atoms in total. The van der Waals surface area contributed by atoms with Crippen molar-refractivity contribution in [3.63, 3.8) is 0 Å². The van der Waals surface area contributed by atoms with E-state index in [-0.39, 0.29) is 18.2 Å². The van der Waals surface area contributed by atoms with Crippen molar-refractivity contribution in [1.82, 2.24) is 15.3 Å². The Morgan fingerprint density at radius 3 is 2.57 bits per heavy atom. The molecule has 14 heavy (non-hydrogen) atoms. The fourth-order valence-corrected chi connectivity index (χ4v) is 1.21. The number of hydrogen-bond donors (Lipinski definition) is 1. The van der Waals surface area contributed by atoms with Crippen LogP contribution in [-0.4, -0.2) is 21.8 Å². The van der Waals surface area contributed by atoms with E-state index in [1.165, 1.54) is 6.33 Å². The van der Waals surface area contributed by atoms with E-state index in [9.17, 15) is 9.59 Å². The van der Waals surface area contributed by atoms with E-state index < -0.39 is 0 Å². The average Bonchev–Trinajstić information content (AvgIpc) is 2.47. The normalized spacial score (nSPS) is 18.7. The lowest BCUT2D eigenvalue weighted by Gasteiger charge is -1.92. The molecule has 1 aromatic heterocycles. The van der Waals surface area contributed by atoms with Gasteiger partial charge in [-0.3, -0.25) is 14.9 Å². The van der Waals surface area contributed by atoms with Crippen LogP contribution < -0.4 is 5.32 Å². The van der Waals surface area contributed by atoms with Gasteiger partial charge in [-0.25, -0.2) is 9.97 Å². The molecule has 1 aromatic rings. The summed E-state index contributed by atoms with van der Waals surface area (Å²) < 4.78 is 0. The number of rotatable bonds is 1. The molecule has 1 aliphatic heterocycles. The van der Waals surface area contributed by atoms with E-state index in [1.807, 2.05) is 0 Å². The molecule has 1 saturated heterocycles. The van der Waals surface area contributed by atoms with Gasteiger partial charge in [0.15, 0.2) is 0 Å². The molecule has 0 unspecified atom stereocenters. The van der Waals surface area contributed by atoms with Gasteiger partial charge >= 0.3 is 0 Å². The van der Waals surface area contributed by atoms with Gasteiger partial charge in [0.2, 0.25) is 5.91 Å². The molecular weight excluding hydrogens is 182 g/mol. The van der Waals surface area contributed by atoms with Crippen molar-refractivity contribution >= 4 is 17.9 Å². The number of imide groups is 1. The molecule has 70 valence electrons. The Morgan fingerprint density at radius 1 is 1.29 bits per heavy atom. The molecule has 0 saturated carbocycles. The van der Waals surface area contributed by atoms with Crippen LogP contribution in [-0.2, 0) is 9.59 Å². The van der Waals surface area contributed by atoms with Gasteiger partial charge in [0.1, 0.15) is 6.33 Å².